The highest BCUT2D eigenvalue weighted by molar-refractivity contribution is 6.01. The topological polar surface area (TPSA) is 75.4 Å². The molecule has 0 heterocycles. The van der Waals surface area contributed by atoms with Crippen LogP contribution in [-0.2, 0) is 10.8 Å². The first kappa shape index (κ1) is 30.7. The molecule has 2 N–H and O–H groups in total. The number of aliphatic imine (C=N–C) groups is 1. The maximum atomic E-state index is 11.2. The number of methoxy groups -OCH3 is 1. The van der Waals surface area contributed by atoms with Crippen LogP contribution in [0.5, 0.6) is 17.2 Å². The lowest BCUT2D eigenvalue weighted by Crippen LogP contribution is -2.23. The average Bonchev–Trinajstić information content (AvgIpc) is 2.88. The summed E-state index contributed by atoms with van der Waals surface area (Å²) in [4.78, 5) is 4.90. The van der Waals surface area contributed by atoms with E-state index in [2.05, 4.69) is 65.9 Å². The molecule has 0 spiro atoms. The van der Waals surface area contributed by atoms with E-state index >= 15 is 0 Å². The number of hydrazone groups is 1. The number of ether oxygens (including phenoxy) is 2. The monoisotopic (exact) mass is 543 g/mol. The van der Waals surface area contributed by atoms with Crippen molar-refractivity contribution in [3.63, 3.8) is 0 Å². The minimum absolute atomic E-state index is 0.267. The largest absolute Gasteiger partial charge is 0.507 e. The lowest BCUT2D eigenvalue weighted by atomic mass is 9.78. The summed E-state index contributed by atoms with van der Waals surface area (Å²) in [6, 6.07) is 19.5. The highest BCUT2D eigenvalue weighted by Gasteiger charge is 2.27. The fourth-order valence-electron chi connectivity index (χ4n) is 4.16. The van der Waals surface area contributed by atoms with Crippen molar-refractivity contribution in [2.24, 2.45) is 16.0 Å². The molecule has 0 radical (unpaired) electrons. The zero-order chi connectivity index (χ0) is 29.5. The summed E-state index contributed by atoms with van der Waals surface area (Å²) in [6.45, 7) is 17.6. The lowest BCUT2D eigenvalue weighted by Gasteiger charge is -2.28. The maximum absolute atomic E-state index is 11.2. The summed E-state index contributed by atoms with van der Waals surface area (Å²) >= 11 is 0. The van der Waals surface area contributed by atoms with E-state index < -0.39 is 0 Å². The van der Waals surface area contributed by atoms with E-state index in [0.29, 0.717) is 35.6 Å². The third-order valence-electron chi connectivity index (χ3n) is 6.52. The summed E-state index contributed by atoms with van der Waals surface area (Å²) < 4.78 is 11.5. The van der Waals surface area contributed by atoms with Crippen molar-refractivity contribution in [1.82, 2.24) is 5.43 Å². The van der Waals surface area contributed by atoms with Crippen molar-refractivity contribution in [1.29, 1.82) is 0 Å². The Bertz CT molecular complexity index is 1300. The molecule has 0 amide bonds. The van der Waals surface area contributed by atoms with Gasteiger partial charge < -0.3 is 14.6 Å². The van der Waals surface area contributed by atoms with Gasteiger partial charge in [0.1, 0.15) is 5.75 Å². The molecular weight excluding hydrogens is 498 g/mol. The molecule has 6 heteroatoms. The second kappa shape index (κ2) is 13.0. The Morgan fingerprint density at radius 1 is 0.900 bits per heavy atom. The van der Waals surface area contributed by atoms with Gasteiger partial charge in [-0.1, -0.05) is 73.6 Å². The Kier molecular flexibility index (Phi) is 10.0. The van der Waals surface area contributed by atoms with E-state index in [9.17, 15) is 5.11 Å². The van der Waals surface area contributed by atoms with Crippen molar-refractivity contribution in [2.75, 3.05) is 13.7 Å². The number of nitrogens with zero attached hydrogens (tertiary/aromatic N) is 2. The van der Waals surface area contributed by atoms with Gasteiger partial charge >= 0.3 is 0 Å². The van der Waals surface area contributed by atoms with Crippen LogP contribution in [0.2, 0.25) is 0 Å². The fourth-order valence-corrected chi connectivity index (χ4v) is 4.16. The lowest BCUT2D eigenvalue weighted by molar-refractivity contribution is 0.273. The minimum Gasteiger partial charge on any atom is -0.507 e. The molecule has 3 rings (SSSR count). The summed E-state index contributed by atoms with van der Waals surface area (Å²) in [5.74, 6) is 2.86. The molecule has 0 aromatic heterocycles. The zero-order valence-corrected chi connectivity index (χ0v) is 25.5. The van der Waals surface area contributed by atoms with Gasteiger partial charge in [0, 0.05) is 16.7 Å². The first-order valence-electron chi connectivity index (χ1n) is 13.9. The number of nitrogens with one attached hydrogen (secondary N) is 1. The van der Waals surface area contributed by atoms with Crippen molar-refractivity contribution in [3.05, 3.63) is 82.9 Å². The third kappa shape index (κ3) is 8.35. The Hall–Kier alpha value is -3.80. The highest BCUT2D eigenvalue weighted by Crippen LogP contribution is 2.40. The van der Waals surface area contributed by atoms with Crippen molar-refractivity contribution >= 4 is 17.7 Å². The van der Waals surface area contributed by atoms with Crippen LogP contribution in [-0.4, -0.2) is 30.9 Å². The molecule has 3 aromatic carbocycles. The number of benzene rings is 3. The number of aromatic hydroxyl groups is 1. The van der Waals surface area contributed by atoms with E-state index in [0.717, 1.165) is 34.4 Å². The first-order chi connectivity index (χ1) is 18.8. The van der Waals surface area contributed by atoms with Crippen LogP contribution < -0.4 is 14.9 Å². The van der Waals surface area contributed by atoms with Gasteiger partial charge in [0.2, 0.25) is 0 Å². The molecule has 0 aliphatic carbocycles. The van der Waals surface area contributed by atoms with Gasteiger partial charge in [-0.25, -0.2) is 4.99 Å². The van der Waals surface area contributed by atoms with E-state index in [1.807, 2.05) is 60.7 Å². The second-order valence-corrected chi connectivity index (χ2v) is 12.5. The van der Waals surface area contributed by atoms with Crippen LogP contribution in [0.25, 0.3) is 0 Å². The Morgan fingerprint density at radius 2 is 1.52 bits per heavy atom. The maximum Gasteiger partial charge on any atom is 0.161 e. The number of hydrogen-bond acceptors (Lipinski definition) is 5. The summed E-state index contributed by atoms with van der Waals surface area (Å²) in [5.41, 5.74) is 6.86. The smallest absolute Gasteiger partial charge is 0.161 e. The van der Waals surface area contributed by atoms with Crippen LogP contribution in [0.1, 0.15) is 84.1 Å². The predicted molar refractivity (Wildman–Crippen MR) is 167 cm³/mol. The number of phenols is 1. The molecule has 3 aromatic rings. The number of amidine groups is 1. The van der Waals surface area contributed by atoms with Crippen molar-refractivity contribution in [2.45, 2.75) is 72.6 Å². The summed E-state index contributed by atoms with van der Waals surface area (Å²) in [5, 5.41) is 15.8. The number of para-hydroxylation sites is 1. The van der Waals surface area contributed by atoms with Gasteiger partial charge in [0.25, 0.3) is 0 Å². The molecule has 0 aliphatic heterocycles. The molecule has 6 nitrogen and oxygen atoms in total. The fraction of sp³-hybridized carbons (Fsp3) is 0.412. The molecule has 0 bridgehead atoms. The van der Waals surface area contributed by atoms with Crippen molar-refractivity contribution < 1.29 is 14.6 Å². The number of rotatable bonds is 9. The minimum atomic E-state index is -0.267. The predicted octanol–water partition coefficient (Wildman–Crippen LogP) is 8.12. The molecule has 0 fully saturated rings. The highest BCUT2D eigenvalue weighted by atomic mass is 16.5. The van der Waals surface area contributed by atoms with Gasteiger partial charge in [0.05, 0.1) is 25.6 Å². The molecule has 0 saturated carbocycles. The molecular formula is C34H45N3O3. The molecule has 214 valence electrons. The molecule has 40 heavy (non-hydrogen) atoms. The van der Waals surface area contributed by atoms with Crippen LogP contribution in [0, 0.1) is 5.92 Å². The molecule has 0 aliphatic rings. The van der Waals surface area contributed by atoms with Gasteiger partial charge in [-0.3, -0.25) is 5.43 Å². The Labute approximate surface area is 240 Å². The normalized spacial score (nSPS) is 12.7. The molecule has 0 unspecified atom stereocenters. The number of phenolic OH excluding ortho intramolecular Hbond substituents is 1. The van der Waals surface area contributed by atoms with E-state index in [1.165, 1.54) is 0 Å². The summed E-state index contributed by atoms with van der Waals surface area (Å²) in [7, 11) is 1.64. The molecule has 0 saturated heterocycles. The standard InChI is InChI=1S/C34H45N3O3/c1-23(2)17-18-40-29-16-15-24(19-30(29)39-9)22-35-37-32(36-26-13-11-10-12-14-26)25-20-27(33(3,4)5)31(38)28(21-25)34(6,7)8/h10-16,19-23,38H,17-18H2,1-9H3,(H,36,37). The quantitative estimate of drug-likeness (QED) is 0.162. The van der Waals surface area contributed by atoms with Crippen molar-refractivity contribution in [3.8, 4) is 17.2 Å². The number of hydrogen-bond donors (Lipinski definition) is 2. The third-order valence-corrected chi connectivity index (χ3v) is 6.52. The summed E-state index contributed by atoms with van der Waals surface area (Å²) in [6.07, 6.45) is 2.71. The van der Waals surface area contributed by atoms with Crippen LogP contribution in [0.3, 0.4) is 0 Å². The average molecular weight is 544 g/mol. The van der Waals surface area contributed by atoms with Crippen LogP contribution >= 0.6 is 0 Å². The SMILES string of the molecule is COc1cc(C=NNC(=Nc2ccccc2)c2cc(C(C)(C)C)c(O)c(C(C)(C)C)c2)ccc1OCCC(C)C. The van der Waals surface area contributed by atoms with E-state index in [-0.39, 0.29) is 10.8 Å². The van der Waals surface area contributed by atoms with Gasteiger partial charge in [0.15, 0.2) is 17.3 Å². The zero-order valence-electron chi connectivity index (χ0n) is 25.5. The van der Waals surface area contributed by atoms with E-state index in [1.54, 1.807) is 13.3 Å². The first-order valence-corrected chi connectivity index (χ1v) is 13.9. The van der Waals surface area contributed by atoms with Gasteiger partial charge in [-0.05, 0) is 71.2 Å². The van der Waals surface area contributed by atoms with Crippen LogP contribution in [0.15, 0.2) is 70.8 Å². The van der Waals surface area contributed by atoms with E-state index in [4.69, 9.17) is 14.5 Å². The Balaban J connectivity index is 1.99. The molecule has 0 atom stereocenters. The Morgan fingerprint density at radius 3 is 2.08 bits per heavy atom. The van der Waals surface area contributed by atoms with Gasteiger partial charge in [-0.2, -0.15) is 5.10 Å². The van der Waals surface area contributed by atoms with Gasteiger partial charge in [-0.15, -0.1) is 0 Å². The van der Waals surface area contributed by atoms with Crippen LogP contribution in [0.4, 0.5) is 5.69 Å². The second-order valence-electron chi connectivity index (χ2n) is 12.5.